The lowest BCUT2D eigenvalue weighted by molar-refractivity contribution is -0.903. The van der Waals surface area contributed by atoms with Crippen LogP contribution in [0.2, 0.25) is 0 Å². The molecule has 0 aliphatic rings. The zero-order valence-electron chi connectivity index (χ0n) is 19.3. The van der Waals surface area contributed by atoms with Gasteiger partial charge in [0.25, 0.3) is 10.0 Å². The van der Waals surface area contributed by atoms with Gasteiger partial charge in [0.2, 0.25) is 0 Å². The topological polar surface area (TPSA) is 71.3 Å². The molecule has 8 heteroatoms. The number of sulfonamides is 1. The lowest BCUT2D eigenvalue weighted by Gasteiger charge is -2.29. The Bertz CT molecular complexity index is 873. The number of nitrogens with zero attached hydrogens (tertiary/aromatic N) is 1. The van der Waals surface area contributed by atoms with Crippen LogP contribution >= 0.6 is 0 Å². The van der Waals surface area contributed by atoms with Gasteiger partial charge in [0.1, 0.15) is 18.4 Å². The Morgan fingerprint density at radius 1 is 0.969 bits per heavy atom. The number of aliphatic hydroxyl groups is 1. The van der Waals surface area contributed by atoms with Crippen LogP contribution in [0.15, 0.2) is 59.5 Å². The molecule has 180 valence electrons. The number of nitrogens with one attached hydrogen (secondary N) is 1. The van der Waals surface area contributed by atoms with E-state index >= 15 is 0 Å². The third kappa shape index (κ3) is 7.96. The van der Waals surface area contributed by atoms with E-state index in [-0.39, 0.29) is 23.8 Å². The summed E-state index contributed by atoms with van der Waals surface area (Å²) in [6.45, 7) is 6.75. The second-order valence-corrected chi connectivity index (χ2v) is 9.70. The van der Waals surface area contributed by atoms with Crippen molar-refractivity contribution in [3.63, 3.8) is 0 Å². The molecule has 1 atom stereocenters. The highest BCUT2D eigenvalue weighted by Gasteiger charge is 2.30. The Labute approximate surface area is 199 Å². The van der Waals surface area contributed by atoms with E-state index in [1.54, 1.807) is 54.6 Å². The third-order valence-corrected chi connectivity index (χ3v) is 7.15. The molecule has 0 heterocycles. The molecule has 6 nitrogen and oxygen atoms in total. The summed E-state index contributed by atoms with van der Waals surface area (Å²) < 4.78 is 33.8. The summed E-state index contributed by atoms with van der Waals surface area (Å²) in [5, 5.41) is 11.0. The van der Waals surface area contributed by atoms with Crippen molar-refractivity contribution in [1.82, 2.24) is 0 Å². The molecule has 0 amide bonds. The molecule has 2 N–H and O–H groups in total. The standard InChI is InChI=1S/C24H36N2O4S.ClH/c1-4-6-17-25(18-7-5-2)19-21(27)20-26(23-15-11-12-16-24(23)30-3)31(28,29)22-13-9-8-10-14-22;/h8-16,21,27H,4-7,17-20H2,1-3H3;1H. The van der Waals surface area contributed by atoms with E-state index in [0.29, 0.717) is 18.0 Å². The van der Waals surface area contributed by atoms with E-state index in [1.165, 1.54) is 16.3 Å². The van der Waals surface area contributed by atoms with Gasteiger partial charge in [-0.15, -0.1) is 0 Å². The molecule has 0 aliphatic carbocycles. The summed E-state index contributed by atoms with van der Waals surface area (Å²) >= 11 is 0. The number of unbranched alkanes of at least 4 members (excludes halogenated alkanes) is 2. The molecule has 0 spiro atoms. The van der Waals surface area contributed by atoms with Gasteiger partial charge in [0, 0.05) is 0 Å². The van der Waals surface area contributed by atoms with Gasteiger partial charge in [-0.1, -0.05) is 57.0 Å². The summed E-state index contributed by atoms with van der Waals surface area (Å²) in [5.74, 6) is 0.454. The van der Waals surface area contributed by atoms with E-state index in [1.807, 2.05) is 0 Å². The maximum atomic E-state index is 13.5. The molecule has 0 saturated heterocycles. The summed E-state index contributed by atoms with van der Waals surface area (Å²) in [6, 6.07) is 15.3. The average Bonchev–Trinajstić information content (AvgIpc) is 2.79. The maximum Gasteiger partial charge on any atom is 0.264 e. The maximum absolute atomic E-state index is 13.5. The number of aliphatic hydroxyl groups excluding tert-OH is 1. The largest absolute Gasteiger partial charge is 1.00 e. The molecule has 1 unspecified atom stereocenters. The predicted octanol–water partition coefficient (Wildman–Crippen LogP) is -0.259. The third-order valence-electron chi connectivity index (χ3n) is 5.35. The Morgan fingerprint density at radius 2 is 1.53 bits per heavy atom. The minimum atomic E-state index is -3.87. The molecule has 0 fully saturated rings. The minimum Gasteiger partial charge on any atom is -1.00 e. The summed E-state index contributed by atoms with van der Waals surface area (Å²) in [4.78, 5) is 1.50. The molecule has 2 aromatic rings. The summed E-state index contributed by atoms with van der Waals surface area (Å²) in [6.07, 6.45) is 3.57. The number of quaternary nitrogens is 1. The molecular formula is C24H37ClN2O4S. The van der Waals surface area contributed by atoms with Crippen LogP contribution in [0.3, 0.4) is 0 Å². The van der Waals surface area contributed by atoms with Crippen LogP contribution in [-0.2, 0) is 10.0 Å². The van der Waals surface area contributed by atoms with Crippen LogP contribution in [-0.4, -0.2) is 52.9 Å². The molecule has 2 aromatic carbocycles. The lowest BCUT2D eigenvalue weighted by atomic mass is 10.2. The fourth-order valence-corrected chi connectivity index (χ4v) is 5.19. The Kier molecular flexibility index (Phi) is 12.7. The van der Waals surface area contributed by atoms with Crippen molar-refractivity contribution in [2.24, 2.45) is 0 Å². The number of methoxy groups -OCH3 is 1. The SMILES string of the molecule is CCCC[NH+](CCCC)CC(O)CN(c1ccccc1OC)S(=O)(=O)c1ccccc1.[Cl-]. The number of para-hydroxylation sites is 2. The molecule has 0 radical (unpaired) electrons. The van der Waals surface area contributed by atoms with Crippen LogP contribution in [0.4, 0.5) is 5.69 Å². The van der Waals surface area contributed by atoms with Crippen LogP contribution in [0.5, 0.6) is 5.75 Å². The van der Waals surface area contributed by atoms with Gasteiger partial charge in [-0.05, 0) is 37.1 Å². The predicted molar refractivity (Wildman–Crippen MR) is 125 cm³/mol. The zero-order valence-corrected chi connectivity index (χ0v) is 20.9. The lowest BCUT2D eigenvalue weighted by Crippen LogP contribution is -3.13. The molecular weight excluding hydrogens is 448 g/mol. The van der Waals surface area contributed by atoms with Gasteiger partial charge in [-0.25, -0.2) is 8.42 Å². The summed E-state index contributed by atoms with van der Waals surface area (Å²) in [7, 11) is -2.35. The fraction of sp³-hybridized carbons (Fsp3) is 0.500. The van der Waals surface area contributed by atoms with Crippen LogP contribution < -0.4 is 26.3 Å². The van der Waals surface area contributed by atoms with E-state index in [4.69, 9.17) is 4.74 Å². The van der Waals surface area contributed by atoms with Gasteiger partial charge >= 0.3 is 0 Å². The first-order valence-corrected chi connectivity index (χ1v) is 12.6. The van der Waals surface area contributed by atoms with Crippen molar-refractivity contribution in [3.8, 4) is 5.75 Å². The molecule has 0 bridgehead atoms. The monoisotopic (exact) mass is 484 g/mol. The van der Waals surface area contributed by atoms with Gasteiger partial charge in [0.05, 0.1) is 37.3 Å². The Morgan fingerprint density at radius 3 is 2.09 bits per heavy atom. The van der Waals surface area contributed by atoms with Crippen molar-refractivity contribution in [3.05, 3.63) is 54.6 Å². The van der Waals surface area contributed by atoms with E-state index in [9.17, 15) is 13.5 Å². The molecule has 0 saturated carbocycles. The van der Waals surface area contributed by atoms with Crippen molar-refractivity contribution >= 4 is 15.7 Å². The zero-order chi connectivity index (χ0) is 22.7. The number of ether oxygens (including phenoxy) is 1. The van der Waals surface area contributed by atoms with Crippen LogP contribution in [0.1, 0.15) is 39.5 Å². The van der Waals surface area contributed by atoms with Gasteiger partial charge in [-0.3, -0.25) is 4.31 Å². The summed E-state index contributed by atoms with van der Waals surface area (Å²) in [5.41, 5.74) is 0.427. The first kappa shape index (κ1) is 28.2. The van der Waals surface area contributed by atoms with E-state index in [0.717, 1.165) is 38.8 Å². The van der Waals surface area contributed by atoms with Gasteiger partial charge in [0.15, 0.2) is 0 Å². The number of hydrogen-bond donors (Lipinski definition) is 2. The van der Waals surface area contributed by atoms with Gasteiger partial charge < -0.3 is 27.2 Å². The smallest absolute Gasteiger partial charge is 0.264 e. The highest BCUT2D eigenvalue weighted by molar-refractivity contribution is 7.92. The van der Waals surface area contributed by atoms with Crippen LogP contribution in [0, 0.1) is 0 Å². The number of hydrogen-bond acceptors (Lipinski definition) is 4. The normalized spacial score (nSPS) is 12.3. The first-order chi connectivity index (χ1) is 14.9. The molecule has 2 rings (SSSR count). The van der Waals surface area contributed by atoms with E-state index < -0.39 is 16.1 Å². The minimum absolute atomic E-state index is 0. The second-order valence-electron chi connectivity index (χ2n) is 7.84. The second kappa shape index (κ2) is 14.4. The molecule has 32 heavy (non-hydrogen) atoms. The number of anilines is 1. The van der Waals surface area contributed by atoms with E-state index in [2.05, 4.69) is 13.8 Å². The van der Waals surface area contributed by atoms with Crippen molar-refractivity contribution in [1.29, 1.82) is 0 Å². The molecule has 0 aliphatic heterocycles. The fourth-order valence-electron chi connectivity index (χ4n) is 3.65. The highest BCUT2D eigenvalue weighted by atomic mass is 35.5. The number of benzene rings is 2. The average molecular weight is 485 g/mol. The Balaban J connectivity index is 0.00000512. The highest BCUT2D eigenvalue weighted by Crippen LogP contribution is 2.32. The Hall–Kier alpha value is -1.80. The number of rotatable bonds is 14. The van der Waals surface area contributed by atoms with Crippen molar-refractivity contribution in [2.75, 3.05) is 37.6 Å². The van der Waals surface area contributed by atoms with Crippen molar-refractivity contribution in [2.45, 2.75) is 50.5 Å². The first-order valence-electron chi connectivity index (χ1n) is 11.2. The van der Waals surface area contributed by atoms with Crippen LogP contribution in [0.25, 0.3) is 0 Å². The van der Waals surface area contributed by atoms with Gasteiger partial charge in [-0.2, -0.15) is 0 Å². The molecule has 0 aromatic heterocycles. The van der Waals surface area contributed by atoms with Crippen molar-refractivity contribution < 1.29 is 35.6 Å². The number of halogens is 1. The quantitative estimate of drug-likeness (QED) is 0.387.